The molecule has 0 aromatic heterocycles. The molecule has 3 aromatic rings. The van der Waals surface area contributed by atoms with Crippen molar-refractivity contribution in [3.05, 3.63) is 88.9 Å². The Morgan fingerprint density at radius 3 is 2.41 bits per heavy atom. The number of fused-ring (bicyclic) bond motifs is 1. The largest absolute Gasteiger partial charge is 0.454 e. The van der Waals surface area contributed by atoms with E-state index in [2.05, 4.69) is 5.32 Å². The minimum absolute atomic E-state index is 0.0261. The molecular weight excluding hydrogens is 566 g/mol. The third kappa shape index (κ3) is 8.14. The first kappa shape index (κ1) is 30.2. The number of carbonyl (C=O) groups is 2. The summed E-state index contributed by atoms with van der Waals surface area (Å²) >= 11 is 6.24. The zero-order chi connectivity index (χ0) is 29.4. The maximum Gasteiger partial charge on any atom is 0.244 e. The van der Waals surface area contributed by atoms with Gasteiger partial charge in [-0.25, -0.2) is 8.42 Å². The van der Waals surface area contributed by atoms with Crippen LogP contribution < -0.4 is 19.1 Å². The average Bonchev–Trinajstić information content (AvgIpc) is 3.41. The molecule has 1 aliphatic rings. The van der Waals surface area contributed by atoms with E-state index in [1.165, 1.54) is 11.0 Å². The Labute approximate surface area is 246 Å². The van der Waals surface area contributed by atoms with Gasteiger partial charge in [-0.15, -0.1) is 0 Å². The topological polar surface area (TPSA) is 105 Å². The van der Waals surface area contributed by atoms with Gasteiger partial charge in [-0.05, 0) is 41.8 Å². The van der Waals surface area contributed by atoms with Gasteiger partial charge in [0.05, 0.1) is 11.9 Å². The summed E-state index contributed by atoms with van der Waals surface area (Å²) < 4.78 is 37.7. The molecule has 0 saturated carbocycles. The summed E-state index contributed by atoms with van der Waals surface area (Å²) in [5, 5.41) is 3.44. The molecule has 2 amide bonds. The molecule has 0 radical (unpaired) electrons. The molecule has 1 atom stereocenters. The first-order chi connectivity index (χ1) is 19.7. The van der Waals surface area contributed by atoms with E-state index in [4.69, 9.17) is 21.1 Å². The fraction of sp³-hybridized carbons (Fsp3) is 0.333. The number of anilines is 1. The Kier molecular flexibility index (Phi) is 10.1. The van der Waals surface area contributed by atoms with Crippen LogP contribution in [0.1, 0.15) is 30.9 Å². The standard InChI is InChI=1S/C30H34ClN3O6S/c1-3-4-15-32-30(36)26(17-22-9-6-5-7-10-22)33(19-23-11-8-12-24(31)16-23)29(35)20-34(41(2,37)38)25-13-14-27-28(18-25)40-21-39-27/h5-14,16,18,26H,3-4,15,17,19-21H2,1-2H3,(H,32,36)/t26-/m1/s1. The van der Waals surface area contributed by atoms with Gasteiger partial charge in [0.1, 0.15) is 12.6 Å². The summed E-state index contributed by atoms with van der Waals surface area (Å²) in [6.45, 7) is 2.05. The molecule has 0 unspecified atom stereocenters. The molecule has 1 N–H and O–H groups in total. The molecule has 0 bridgehead atoms. The Bertz CT molecular complexity index is 1470. The van der Waals surface area contributed by atoms with Crippen LogP contribution in [0.15, 0.2) is 72.8 Å². The van der Waals surface area contributed by atoms with Crippen molar-refractivity contribution in [2.45, 2.75) is 38.8 Å². The molecule has 9 nitrogen and oxygen atoms in total. The highest BCUT2D eigenvalue weighted by Crippen LogP contribution is 2.36. The number of sulfonamides is 1. The zero-order valence-electron chi connectivity index (χ0n) is 23.1. The van der Waals surface area contributed by atoms with Crippen LogP contribution in [0.25, 0.3) is 0 Å². The van der Waals surface area contributed by atoms with Crippen LogP contribution in [0.5, 0.6) is 11.5 Å². The molecule has 0 fully saturated rings. The molecule has 4 rings (SSSR count). The summed E-state index contributed by atoms with van der Waals surface area (Å²) in [6, 6.07) is 20.2. The first-order valence-corrected chi connectivity index (χ1v) is 15.6. The molecule has 41 heavy (non-hydrogen) atoms. The number of hydrogen-bond donors (Lipinski definition) is 1. The Balaban J connectivity index is 1.71. The van der Waals surface area contributed by atoms with Gasteiger partial charge in [-0.2, -0.15) is 0 Å². The van der Waals surface area contributed by atoms with Crippen LogP contribution in [0.4, 0.5) is 5.69 Å². The number of benzene rings is 3. The third-order valence-corrected chi connectivity index (χ3v) is 8.04. The van der Waals surface area contributed by atoms with E-state index < -0.39 is 28.5 Å². The molecule has 1 aliphatic heterocycles. The average molecular weight is 600 g/mol. The van der Waals surface area contributed by atoms with Crippen molar-refractivity contribution in [3.63, 3.8) is 0 Å². The molecule has 0 aliphatic carbocycles. The van der Waals surface area contributed by atoms with E-state index in [0.717, 1.165) is 29.0 Å². The van der Waals surface area contributed by atoms with Gasteiger partial charge >= 0.3 is 0 Å². The second kappa shape index (κ2) is 13.7. The zero-order valence-corrected chi connectivity index (χ0v) is 24.7. The number of unbranched alkanes of at least 4 members (excludes halogenated alkanes) is 1. The highest BCUT2D eigenvalue weighted by molar-refractivity contribution is 7.92. The number of carbonyl (C=O) groups excluding carboxylic acids is 2. The lowest BCUT2D eigenvalue weighted by Crippen LogP contribution is -2.53. The second-order valence-corrected chi connectivity index (χ2v) is 12.2. The van der Waals surface area contributed by atoms with Crippen molar-refractivity contribution in [2.75, 3.05) is 30.4 Å². The maximum atomic E-state index is 14.1. The van der Waals surface area contributed by atoms with Crippen molar-refractivity contribution in [1.29, 1.82) is 0 Å². The lowest BCUT2D eigenvalue weighted by atomic mass is 10.0. The number of hydrogen-bond acceptors (Lipinski definition) is 6. The fourth-order valence-electron chi connectivity index (χ4n) is 4.55. The van der Waals surface area contributed by atoms with Crippen LogP contribution in [0, 0.1) is 0 Å². The summed E-state index contributed by atoms with van der Waals surface area (Å²) in [5.74, 6) is 0.0192. The lowest BCUT2D eigenvalue weighted by molar-refractivity contribution is -0.140. The van der Waals surface area contributed by atoms with Gasteiger partial charge in [0, 0.05) is 30.6 Å². The van der Waals surface area contributed by atoms with Gasteiger partial charge in [-0.3, -0.25) is 13.9 Å². The van der Waals surface area contributed by atoms with Gasteiger partial charge in [-0.1, -0.05) is 67.4 Å². The highest BCUT2D eigenvalue weighted by Gasteiger charge is 2.33. The Morgan fingerprint density at radius 2 is 1.71 bits per heavy atom. The maximum absolute atomic E-state index is 14.1. The van der Waals surface area contributed by atoms with Gasteiger partial charge in [0.15, 0.2) is 11.5 Å². The van der Waals surface area contributed by atoms with Crippen molar-refractivity contribution in [1.82, 2.24) is 10.2 Å². The first-order valence-electron chi connectivity index (χ1n) is 13.4. The predicted molar refractivity (Wildman–Crippen MR) is 159 cm³/mol. The quantitative estimate of drug-likeness (QED) is 0.292. The third-order valence-electron chi connectivity index (χ3n) is 6.67. The number of nitrogens with one attached hydrogen (secondary N) is 1. The Morgan fingerprint density at radius 1 is 0.976 bits per heavy atom. The van der Waals surface area contributed by atoms with Crippen LogP contribution >= 0.6 is 11.6 Å². The number of halogens is 1. The van der Waals surface area contributed by atoms with Crippen molar-refractivity contribution in [3.8, 4) is 11.5 Å². The van der Waals surface area contributed by atoms with E-state index in [-0.39, 0.29) is 31.4 Å². The number of rotatable bonds is 13. The predicted octanol–water partition coefficient (Wildman–Crippen LogP) is 4.39. The summed E-state index contributed by atoms with van der Waals surface area (Å²) in [6.07, 6.45) is 2.96. The molecule has 218 valence electrons. The lowest BCUT2D eigenvalue weighted by Gasteiger charge is -2.33. The minimum atomic E-state index is -3.90. The van der Waals surface area contributed by atoms with E-state index in [9.17, 15) is 18.0 Å². The number of amides is 2. The summed E-state index contributed by atoms with van der Waals surface area (Å²) in [4.78, 5) is 29.2. The summed E-state index contributed by atoms with van der Waals surface area (Å²) in [5.41, 5.74) is 1.82. The molecule has 0 spiro atoms. The second-order valence-electron chi connectivity index (χ2n) is 9.81. The van der Waals surface area contributed by atoms with Crippen molar-refractivity contribution >= 4 is 39.1 Å². The van der Waals surface area contributed by atoms with Gasteiger partial charge < -0.3 is 19.7 Å². The molecule has 11 heteroatoms. The Hall–Kier alpha value is -3.76. The van der Waals surface area contributed by atoms with Crippen LogP contribution in [0.2, 0.25) is 5.02 Å². The normalized spacial score (nSPS) is 13.0. The highest BCUT2D eigenvalue weighted by atomic mass is 35.5. The molecular formula is C30H34ClN3O6S. The van der Waals surface area contributed by atoms with Gasteiger partial charge in [0.2, 0.25) is 28.6 Å². The smallest absolute Gasteiger partial charge is 0.244 e. The van der Waals surface area contributed by atoms with Crippen LogP contribution in [-0.2, 0) is 32.6 Å². The number of ether oxygens (including phenoxy) is 2. The molecule has 0 saturated heterocycles. The van der Waals surface area contributed by atoms with Crippen molar-refractivity contribution < 1.29 is 27.5 Å². The van der Waals surface area contributed by atoms with Crippen LogP contribution in [0.3, 0.4) is 0 Å². The molecule has 1 heterocycles. The fourth-order valence-corrected chi connectivity index (χ4v) is 5.60. The SMILES string of the molecule is CCCCNC(=O)[C@@H](Cc1ccccc1)N(Cc1cccc(Cl)c1)C(=O)CN(c1ccc2c(c1)OCO2)S(C)(=O)=O. The minimum Gasteiger partial charge on any atom is -0.454 e. The monoisotopic (exact) mass is 599 g/mol. The van der Waals surface area contributed by atoms with Crippen molar-refractivity contribution in [2.24, 2.45) is 0 Å². The summed E-state index contributed by atoms with van der Waals surface area (Å²) in [7, 11) is -3.90. The van der Waals surface area contributed by atoms with E-state index in [0.29, 0.717) is 28.6 Å². The molecule has 3 aromatic carbocycles. The van der Waals surface area contributed by atoms with Gasteiger partial charge in [0.25, 0.3) is 0 Å². The van der Waals surface area contributed by atoms with Crippen LogP contribution in [-0.4, -0.2) is 57.3 Å². The van der Waals surface area contributed by atoms with E-state index >= 15 is 0 Å². The van der Waals surface area contributed by atoms with E-state index in [1.807, 2.05) is 43.3 Å². The van der Waals surface area contributed by atoms with E-state index in [1.54, 1.807) is 30.3 Å². The number of nitrogens with zero attached hydrogens (tertiary/aromatic N) is 2.